The molecule has 0 aromatic heterocycles. The van der Waals surface area contributed by atoms with Crippen LogP contribution in [-0.4, -0.2) is 6.54 Å². The van der Waals surface area contributed by atoms with Crippen molar-refractivity contribution in [1.82, 2.24) is 0 Å². The third-order valence-electron chi connectivity index (χ3n) is 4.23. The Morgan fingerprint density at radius 3 is 2.44 bits per heavy atom. The van der Waals surface area contributed by atoms with Crippen LogP contribution in [0.3, 0.4) is 0 Å². The number of nitrogens with two attached hydrogens (primary N) is 1. The maximum Gasteiger partial charge on any atom is 0.129 e. The van der Waals surface area contributed by atoms with Gasteiger partial charge in [0.15, 0.2) is 0 Å². The first-order valence-electron chi connectivity index (χ1n) is 6.74. The zero-order valence-electron chi connectivity index (χ0n) is 10.8. The van der Waals surface area contributed by atoms with Crippen molar-refractivity contribution in [2.24, 2.45) is 23.5 Å². The van der Waals surface area contributed by atoms with Crippen LogP contribution in [0.15, 0.2) is 18.2 Å². The molecule has 0 amide bonds. The molecule has 0 spiro atoms. The lowest BCUT2D eigenvalue weighted by Crippen LogP contribution is -2.31. The molecule has 18 heavy (non-hydrogen) atoms. The molecule has 0 bridgehead atoms. The summed E-state index contributed by atoms with van der Waals surface area (Å²) in [5.74, 6) is 0.492. The molecule has 1 aromatic rings. The summed E-state index contributed by atoms with van der Waals surface area (Å²) >= 11 is 0. The molecule has 3 unspecified atom stereocenters. The Bertz CT molecular complexity index is 385. The minimum atomic E-state index is -0.427. The van der Waals surface area contributed by atoms with Crippen molar-refractivity contribution in [3.05, 3.63) is 35.4 Å². The van der Waals surface area contributed by atoms with E-state index in [2.05, 4.69) is 6.92 Å². The second-order valence-electron chi connectivity index (χ2n) is 5.58. The molecule has 1 aliphatic carbocycles. The van der Waals surface area contributed by atoms with E-state index in [0.29, 0.717) is 30.7 Å². The van der Waals surface area contributed by atoms with Crippen molar-refractivity contribution in [3.8, 4) is 0 Å². The van der Waals surface area contributed by atoms with Gasteiger partial charge in [-0.05, 0) is 55.7 Å². The lowest BCUT2D eigenvalue weighted by atomic mass is 9.72. The van der Waals surface area contributed by atoms with Crippen molar-refractivity contribution >= 4 is 0 Å². The van der Waals surface area contributed by atoms with Gasteiger partial charge in [0.05, 0.1) is 0 Å². The van der Waals surface area contributed by atoms with Gasteiger partial charge in [0.2, 0.25) is 0 Å². The van der Waals surface area contributed by atoms with Crippen LogP contribution >= 0.6 is 0 Å². The van der Waals surface area contributed by atoms with Crippen LogP contribution in [0.5, 0.6) is 0 Å². The van der Waals surface area contributed by atoms with Crippen LogP contribution in [0, 0.1) is 29.4 Å². The van der Waals surface area contributed by atoms with Gasteiger partial charge in [-0.3, -0.25) is 0 Å². The van der Waals surface area contributed by atoms with E-state index in [1.807, 2.05) is 0 Å². The van der Waals surface area contributed by atoms with E-state index in [9.17, 15) is 8.78 Å². The Morgan fingerprint density at radius 1 is 1.17 bits per heavy atom. The molecule has 3 heteroatoms. The number of benzene rings is 1. The minimum absolute atomic E-state index is 0.232. The number of rotatable bonds is 3. The van der Waals surface area contributed by atoms with Gasteiger partial charge in [-0.1, -0.05) is 19.4 Å². The first-order valence-corrected chi connectivity index (χ1v) is 6.74. The molecule has 0 heterocycles. The lowest BCUT2D eigenvalue weighted by molar-refractivity contribution is 0.191. The van der Waals surface area contributed by atoms with Gasteiger partial charge in [0, 0.05) is 5.56 Å². The van der Waals surface area contributed by atoms with E-state index in [1.165, 1.54) is 24.6 Å². The van der Waals surface area contributed by atoms with Gasteiger partial charge in [0.1, 0.15) is 11.6 Å². The summed E-state index contributed by atoms with van der Waals surface area (Å²) in [7, 11) is 0. The van der Waals surface area contributed by atoms with E-state index in [-0.39, 0.29) is 5.56 Å². The summed E-state index contributed by atoms with van der Waals surface area (Å²) < 4.78 is 27.3. The molecule has 1 aliphatic rings. The van der Waals surface area contributed by atoms with E-state index in [4.69, 9.17) is 5.73 Å². The maximum atomic E-state index is 13.7. The second-order valence-corrected chi connectivity index (χ2v) is 5.58. The Labute approximate surface area is 107 Å². The summed E-state index contributed by atoms with van der Waals surface area (Å²) in [6.45, 7) is 2.82. The molecule has 0 saturated heterocycles. The molecule has 3 atom stereocenters. The van der Waals surface area contributed by atoms with E-state index in [1.54, 1.807) is 0 Å². The second kappa shape index (κ2) is 5.79. The molecule has 0 radical (unpaired) electrons. The lowest BCUT2D eigenvalue weighted by Gasteiger charge is -2.34. The first-order chi connectivity index (χ1) is 8.61. The average molecular weight is 253 g/mol. The smallest absolute Gasteiger partial charge is 0.129 e. The molecular formula is C15H21F2N. The Balaban J connectivity index is 2.15. The van der Waals surface area contributed by atoms with Gasteiger partial charge in [0.25, 0.3) is 0 Å². The number of hydrogen-bond acceptors (Lipinski definition) is 1. The van der Waals surface area contributed by atoms with Crippen molar-refractivity contribution in [3.63, 3.8) is 0 Å². The van der Waals surface area contributed by atoms with Crippen LogP contribution in [0.2, 0.25) is 0 Å². The highest BCUT2D eigenvalue weighted by Crippen LogP contribution is 2.36. The average Bonchev–Trinajstić information content (AvgIpc) is 2.34. The van der Waals surface area contributed by atoms with Crippen LogP contribution in [0.4, 0.5) is 8.78 Å². The summed E-state index contributed by atoms with van der Waals surface area (Å²) in [4.78, 5) is 0. The molecule has 1 fully saturated rings. The molecule has 1 saturated carbocycles. The fourth-order valence-corrected chi connectivity index (χ4v) is 3.11. The third kappa shape index (κ3) is 2.89. The van der Waals surface area contributed by atoms with Crippen molar-refractivity contribution in [2.75, 3.05) is 6.54 Å². The van der Waals surface area contributed by atoms with Gasteiger partial charge in [-0.2, -0.15) is 0 Å². The molecule has 0 aliphatic heterocycles. The highest BCUT2D eigenvalue weighted by molar-refractivity contribution is 5.20. The largest absolute Gasteiger partial charge is 0.330 e. The number of hydrogen-bond donors (Lipinski definition) is 1. The number of halogens is 2. The highest BCUT2D eigenvalue weighted by atomic mass is 19.1. The van der Waals surface area contributed by atoms with Crippen molar-refractivity contribution < 1.29 is 8.78 Å². The summed E-state index contributed by atoms with van der Waals surface area (Å²) in [6.07, 6.45) is 3.76. The normalized spacial score (nSPS) is 28.3. The van der Waals surface area contributed by atoms with Crippen LogP contribution in [-0.2, 0) is 6.42 Å². The first kappa shape index (κ1) is 13.5. The standard InChI is InChI=1S/C15H21F2N/c1-10-5-6-11(9-18)12(7-10)8-13-14(16)3-2-4-15(13)17/h2-4,10-12H,5-9,18H2,1H3. The summed E-state index contributed by atoms with van der Waals surface area (Å²) in [5.41, 5.74) is 6.01. The van der Waals surface area contributed by atoms with Crippen molar-refractivity contribution in [1.29, 1.82) is 0 Å². The summed E-state index contributed by atoms with van der Waals surface area (Å²) in [6, 6.07) is 4.09. The summed E-state index contributed by atoms with van der Waals surface area (Å²) in [5, 5.41) is 0. The van der Waals surface area contributed by atoms with Gasteiger partial charge in [-0.15, -0.1) is 0 Å². The zero-order chi connectivity index (χ0) is 13.1. The molecule has 2 rings (SSSR count). The predicted octanol–water partition coefficient (Wildman–Crippen LogP) is 3.52. The third-order valence-corrected chi connectivity index (χ3v) is 4.23. The molecule has 2 N–H and O–H groups in total. The molecule has 1 aromatic carbocycles. The van der Waals surface area contributed by atoms with Crippen LogP contribution in [0.25, 0.3) is 0 Å². The van der Waals surface area contributed by atoms with Crippen LogP contribution in [0.1, 0.15) is 31.7 Å². The topological polar surface area (TPSA) is 26.0 Å². The highest BCUT2D eigenvalue weighted by Gasteiger charge is 2.29. The van der Waals surface area contributed by atoms with Gasteiger partial charge in [-0.25, -0.2) is 8.78 Å². The zero-order valence-corrected chi connectivity index (χ0v) is 10.8. The predicted molar refractivity (Wildman–Crippen MR) is 69.1 cm³/mol. The van der Waals surface area contributed by atoms with E-state index >= 15 is 0 Å². The Kier molecular flexibility index (Phi) is 4.33. The van der Waals surface area contributed by atoms with E-state index in [0.717, 1.165) is 12.8 Å². The minimum Gasteiger partial charge on any atom is -0.330 e. The van der Waals surface area contributed by atoms with Gasteiger partial charge >= 0.3 is 0 Å². The van der Waals surface area contributed by atoms with Crippen molar-refractivity contribution in [2.45, 2.75) is 32.6 Å². The quantitative estimate of drug-likeness (QED) is 0.876. The van der Waals surface area contributed by atoms with Gasteiger partial charge < -0.3 is 5.73 Å². The molecule has 1 nitrogen and oxygen atoms in total. The molecular weight excluding hydrogens is 232 g/mol. The molecule has 100 valence electrons. The monoisotopic (exact) mass is 253 g/mol. The SMILES string of the molecule is CC1CCC(CN)C(Cc2c(F)cccc2F)C1. The fraction of sp³-hybridized carbons (Fsp3) is 0.600. The Morgan fingerprint density at radius 2 is 1.83 bits per heavy atom. The fourth-order valence-electron chi connectivity index (χ4n) is 3.11. The van der Waals surface area contributed by atoms with Crippen LogP contribution < -0.4 is 5.73 Å². The maximum absolute atomic E-state index is 13.7. The van der Waals surface area contributed by atoms with E-state index < -0.39 is 11.6 Å². The Hall–Kier alpha value is -0.960.